The standard InChI is InChI=1S/C21H21FN2O2.ClH/c22-14-7-5-13(6-8-14)20(25)18-3-1-2-4-19(18)21(26)24-17-11-15-9-10-16(12-17)23-15;/h1-8,15-17,23H,9-12H2,(H,24,26);1H. The molecule has 0 spiro atoms. The molecule has 0 aliphatic carbocycles. The summed E-state index contributed by atoms with van der Waals surface area (Å²) in [6, 6.07) is 13.3. The summed E-state index contributed by atoms with van der Waals surface area (Å²) in [5, 5.41) is 6.65. The van der Waals surface area contributed by atoms with Gasteiger partial charge < -0.3 is 10.6 Å². The Kier molecular flexibility index (Phi) is 5.92. The molecule has 0 saturated carbocycles. The maximum Gasteiger partial charge on any atom is 0.252 e. The fourth-order valence-electron chi connectivity index (χ4n) is 4.07. The minimum Gasteiger partial charge on any atom is -0.349 e. The van der Waals surface area contributed by atoms with Crippen LogP contribution in [0.3, 0.4) is 0 Å². The first-order valence-corrected chi connectivity index (χ1v) is 9.06. The number of fused-ring (bicyclic) bond motifs is 2. The number of halogens is 2. The number of piperidine rings is 1. The number of nitrogens with one attached hydrogen (secondary N) is 2. The Balaban J connectivity index is 0.00000210. The van der Waals surface area contributed by atoms with Crippen LogP contribution in [0.25, 0.3) is 0 Å². The van der Waals surface area contributed by atoms with Crippen LogP contribution in [0.2, 0.25) is 0 Å². The normalized spacial score (nSPS) is 23.4. The van der Waals surface area contributed by atoms with Crippen molar-refractivity contribution in [1.82, 2.24) is 10.6 Å². The Hall–Kier alpha value is -2.24. The Labute approximate surface area is 164 Å². The van der Waals surface area contributed by atoms with Gasteiger partial charge in [0.2, 0.25) is 0 Å². The first kappa shape index (κ1) is 19.5. The van der Waals surface area contributed by atoms with Crippen LogP contribution >= 0.6 is 12.4 Å². The number of amides is 1. The van der Waals surface area contributed by atoms with E-state index >= 15 is 0 Å². The van der Waals surface area contributed by atoms with E-state index in [2.05, 4.69) is 10.6 Å². The second-order valence-corrected chi connectivity index (χ2v) is 7.16. The van der Waals surface area contributed by atoms with Gasteiger partial charge in [0.25, 0.3) is 5.91 Å². The molecule has 2 unspecified atom stereocenters. The number of carbonyl (C=O) groups is 2. The van der Waals surface area contributed by atoms with Gasteiger partial charge in [0.15, 0.2) is 5.78 Å². The molecule has 2 bridgehead atoms. The van der Waals surface area contributed by atoms with Crippen molar-refractivity contribution in [2.45, 2.75) is 43.8 Å². The molecule has 27 heavy (non-hydrogen) atoms. The molecule has 2 aliphatic heterocycles. The van der Waals surface area contributed by atoms with Gasteiger partial charge >= 0.3 is 0 Å². The number of ketones is 1. The van der Waals surface area contributed by atoms with Crippen LogP contribution in [0.4, 0.5) is 4.39 Å². The summed E-state index contributed by atoms with van der Waals surface area (Å²) in [5.41, 5.74) is 1.08. The lowest BCUT2D eigenvalue weighted by molar-refractivity contribution is 0.0914. The van der Waals surface area contributed by atoms with Crippen LogP contribution in [-0.2, 0) is 0 Å². The summed E-state index contributed by atoms with van der Waals surface area (Å²) >= 11 is 0. The highest BCUT2D eigenvalue weighted by Gasteiger charge is 2.34. The number of hydrogen-bond donors (Lipinski definition) is 2. The molecule has 142 valence electrons. The van der Waals surface area contributed by atoms with Gasteiger partial charge in [0, 0.05) is 29.3 Å². The lowest BCUT2D eigenvalue weighted by Crippen LogP contribution is -2.48. The van der Waals surface area contributed by atoms with Gasteiger partial charge in [0.1, 0.15) is 5.82 Å². The summed E-state index contributed by atoms with van der Waals surface area (Å²) in [4.78, 5) is 25.6. The van der Waals surface area contributed by atoms with E-state index in [-0.39, 0.29) is 30.1 Å². The zero-order valence-electron chi connectivity index (χ0n) is 14.8. The van der Waals surface area contributed by atoms with E-state index in [4.69, 9.17) is 0 Å². The number of carbonyl (C=O) groups excluding carboxylic acids is 2. The zero-order valence-corrected chi connectivity index (χ0v) is 15.6. The fraction of sp³-hybridized carbons (Fsp3) is 0.333. The minimum absolute atomic E-state index is 0. The van der Waals surface area contributed by atoms with E-state index < -0.39 is 5.82 Å². The topological polar surface area (TPSA) is 58.2 Å². The monoisotopic (exact) mass is 388 g/mol. The molecular formula is C21H22ClFN2O2. The highest BCUT2D eigenvalue weighted by atomic mass is 35.5. The molecule has 2 aliphatic rings. The SMILES string of the molecule is Cl.O=C(NC1CC2CCC(C1)N2)c1ccccc1C(=O)c1ccc(F)cc1. The first-order chi connectivity index (χ1) is 12.6. The summed E-state index contributed by atoms with van der Waals surface area (Å²) in [6.07, 6.45) is 4.18. The molecule has 0 aromatic heterocycles. The Morgan fingerprint density at radius 3 is 2.15 bits per heavy atom. The maximum absolute atomic E-state index is 13.1. The number of rotatable bonds is 4. The molecule has 6 heteroatoms. The van der Waals surface area contributed by atoms with Crippen LogP contribution in [0, 0.1) is 5.82 Å². The third-order valence-corrected chi connectivity index (χ3v) is 5.33. The number of benzene rings is 2. The summed E-state index contributed by atoms with van der Waals surface area (Å²) < 4.78 is 13.1. The number of hydrogen-bond acceptors (Lipinski definition) is 3. The van der Waals surface area contributed by atoms with Gasteiger partial charge in [-0.2, -0.15) is 0 Å². The van der Waals surface area contributed by atoms with E-state index in [9.17, 15) is 14.0 Å². The molecule has 2 aromatic rings. The van der Waals surface area contributed by atoms with Crippen molar-refractivity contribution in [3.05, 3.63) is 71.0 Å². The zero-order chi connectivity index (χ0) is 18.1. The summed E-state index contributed by atoms with van der Waals surface area (Å²) in [5.74, 6) is -0.892. The van der Waals surface area contributed by atoms with Crippen molar-refractivity contribution in [3.8, 4) is 0 Å². The van der Waals surface area contributed by atoms with Crippen molar-refractivity contribution in [3.63, 3.8) is 0 Å². The van der Waals surface area contributed by atoms with Crippen molar-refractivity contribution in [1.29, 1.82) is 0 Å². The summed E-state index contributed by atoms with van der Waals surface area (Å²) in [7, 11) is 0. The molecule has 2 atom stereocenters. The van der Waals surface area contributed by atoms with Crippen LogP contribution in [0.1, 0.15) is 52.0 Å². The lowest BCUT2D eigenvalue weighted by Gasteiger charge is -2.29. The first-order valence-electron chi connectivity index (χ1n) is 9.06. The van der Waals surface area contributed by atoms with Crippen molar-refractivity contribution < 1.29 is 14.0 Å². The van der Waals surface area contributed by atoms with Crippen molar-refractivity contribution >= 4 is 24.1 Å². The van der Waals surface area contributed by atoms with E-state index in [0.29, 0.717) is 28.8 Å². The van der Waals surface area contributed by atoms with Crippen molar-refractivity contribution in [2.24, 2.45) is 0 Å². The molecular weight excluding hydrogens is 367 g/mol. The van der Waals surface area contributed by atoms with Crippen LogP contribution in [-0.4, -0.2) is 29.8 Å². The second kappa shape index (κ2) is 8.19. The van der Waals surface area contributed by atoms with E-state index in [0.717, 1.165) is 25.7 Å². The van der Waals surface area contributed by atoms with E-state index in [1.807, 2.05) is 0 Å². The van der Waals surface area contributed by atoms with Crippen LogP contribution < -0.4 is 10.6 Å². The van der Waals surface area contributed by atoms with Gasteiger partial charge in [-0.05, 0) is 56.0 Å². The molecule has 2 N–H and O–H groups in total. The van der Waals surface area contributed by atoms with Crippen LogP contribution in [0.5, 0.6) is 0 Å². The Morgan fingerprint density at radius 2 is 1.52 bits per heavy atom. The molecule has 0 radical (unpaired) electrons. The molecule has 4 rings (SSSR count). The Bertz CT molecular complexity index is 828. The lowest BCUT2D eigenvalue weighted by atomic mass is 9.96. The molecule has 2 heterocycles. The smallest absolute Gasteiger partial charge is 0.252 e. The predicted molar refractivity (Wildman–Crippen MR) is 104 cm³/mol. The van der Waals surface area contributed by atoms with Gasteiger partial charge in [-0.3, -0.25) is 9.59 Å². The third kappa shape index (κ3) is 4.20. The molecule has 2 aromatic carbocycles. The van der Waals surface area contributed by atoms with Gasteiger partial charge in [-0.1, -0.05) is 18.2 Å². The predicted octanol–water partition coefficient (Wildman–Crippen LogP) is 3.49. The van der Waals surface area contributed by atoms with Gasteiger partial charge in [-0.15, -0.1) is 12.4 Å². The van der Waals surface area contributed by atoms with Gasteiger partial charge in [-0.25, -0.2) is 4.39 Å². The van der Waals surface area contributed by atoms with E-state index in [1.165, 1.54) is 24.3 Å². The third-order valence-electron chi connectivity index (χ3n) is 5.33. The van der Waals surface area contributed by atoms with Crippen molar-refractivity contribution in [2.75, 3.05) is 0 Å². The van der Waals surface area contributed by atoms with Crippen LogP contribution in [0.15, 0.2) is 48.5 Å². The summed E-state index contributed by atoms with van der Waals surface area (Å²) in [6.45, 7) is 0. The molecule has 2 fully saturated rings. The van der Waals surface area contributed by atoms with E-state index in [1.54, 1.807) is 24.3 Å². The highest BCUT2D eigenvalue weighted by molar-refractivity contribution is 6.15. The second-order valence-electron chi connectivity index (χ2n) is 7.16. The minimum atomic E-state index is -0.395. The molecule has 1 amide bonds. The quantitative estimate of drug-likeness (QED) is 0.788. The highest BCUT2D eigenvalue weighted by Crippen LogP contribution is 2.27. The average molecular weight is 389 g/mol. The fourth-order valence-corrected chi connectivity index (χ4v) is 4.07. The maximum atomic E-state index is 13.1. The molecule has 4 nitrogen and oxygen atoms in total. The van der Waals surface area contributed by atoms with Gasteiger partial charge in [0.05, 0.1) is 5.56 Å². The molecule has 2 saturated heterocycles. The largest absolute Gasteiger partial charge is 0.349 e. The Morgan fingerprint density at radius 1 is 0.926 bits per heavy atom. The average Bonchev–Trinajstić information content (AvgIpc) is 3.00.